The van der Waals surface area contributed by atoms with E-state index in [1.807, 2.05) is 106 Å². The van der Waals surface area contributed by atoms with E-state index in [0.717, 1.165) is 33.8 Å². The van der Waals surface area contributed by atoms with Crippen LogP contribution in [-0.2, 0) is 10.3 Å². The fraction of sp³-hybridized carbons (Fsp3) is 0.240. The molecule has 1 N–H and O–H groups in total. The Morgan fingerprint density at radius 3 is 2.10 bits per heavy atom. The van der Waals surface area contributed by atoms with Crippen LogP contribution in [0, 0.1) is 0 Å². The smallest absolute Gasteiger partial charge is 0.340 e. The summed E-state index contributed by atoms with van der Waals surface area (Å²) in [4.78, 5) is 17.1. The number of rotatable bonds is 5. The normalized spacial score (nSPS) is 17.3. The highest BCUT2D eigenvalue weighted by Gasteiger charge is 2.49. The molecule has 0 saturated carbocycles. The van der Waals surface area contributed by atoms with Gasteiger partial charge in [0, 0.05) is 69.0 Å². The lowest BCUT2D eigenvalue weighted by Gasteiger charge is -2.31. The van der Waals surface area contributed by atoms with Gasteiger partial charge < -0.3 is 19.9 Å². The molecule has 1 heterocycles. The molecule has 0 bridgehead atoms. The maximum atomic E-state index is 13.1. The average Bonchev–Trinajstić information content (AvgIpc) is 3.06. The van der Waals surface area contributed by atoms with Gasteiger partial charge in [0.05, 0.1) is 5.56 Å². The second-order valence-corrected chi connectivity index (χ2v) is 7.97. The minimum absolute atomic E-state index is 0.307. The van der Waals surface area contributed by atoms with Crippen molar-refractivity contribution < 1.29 is 9.53 Å². The zero-order valence-electron chi connectivity index (χ0n) is 18.1. The summed E-state index contributed by atoms with van der Waals surface area (Å²) < 4.78 is 6.26. The molecule has 1 aliphatic heterocycles. The van der Waals surface area contributed by atoms with E-state index in [9.17, 15) is 4.79 Å². The van der Waals surface area contributed by atoms with Crippen molar-refractivity contribution in [2.75, 3.05) is 50.4 Å². The standard InChI is InChI=1S/C25H27N3O2/c1-26-19-10-6-8-17(14-19)25(18-9-7-11-20(15-18)27(2)3)23-13-12-21(28(4)5)16-22(23)24(29)30-25/h6-16,26H,1-5H3. The molecular formula is C25H27N3O2. The number of hydrogen-bond donors (Lipinski definition) is 1. The summed E-state index contributed by atoms with van der Waals surface area (Å²) in [5.41, 5.74) is 5.27. The summed E-state index contributed by atoms with van der Waals surface area (Å²) in [5.74, 6) is -0.307. The lowest BCUT2D eigenvalue weighted by Crippen LogP contribution is -2.30. The average molecular weight is 402 g/mol. The largest absolute Gasteiger partial charge is 0.441 e. The molecule has 4 rings (SSSR count). The van der Waals surface area contributed by atoms with Crippen LogP contribution in [0.5, 0.6) is 0 Å². The maximum absolute atomic E-state index is 13.1. The van der Waals surface area contributed by atoms with Crippen molar-refractivity contribution in [1.82, 2.24) is 0 Å². The maximum Gasteiger partial charge on any atom is 0.340 e. The first kappa shape index (κ1) is 19.8. The first-order valence-corrected chi connectivity index (χ1v) is 9.98. The van der Waals surface area contributed by atoms with Gasteiger partial charge >= 0.3 is 5.97 Å². The van der Waals surface area contributed by atoms with Gasteiger partial charge in [-0.15, -0.1) is 0 Å². The minimum Gasteiger partial charge on any atom is -0.441 e. The Bertz CT molecular complexity index is 1110. The zero-order valence-corrected chi connectivity index (χ0v) is 18.1. The van der Waals surface area contributed by atoms with Crippen LogP contribution in [0.15, 0.2) is 66.7 Å². The van der Waals surface area contributed by atoms with E-state index in [4.69, 9.17) is 4.74 Å². The van der Waals surface area contributed by atoms with Crippen molar-refractivity contribution >= 4 is 23.0 Å². The molecule has 5 heteroatoms. The number of hydrogen-bond acceptors (Lipinski definition) is 5. The predicted molar refractivity (Wildman–Crippen MR) is 123 cm³/mol. The topological polar surface area (TPSA) is 44.8 Å². The summed E-state index contributed by atoms with van der Waals surface area (Å²) in [5, 5.41) is 3.19. The van der Waals surface area contributed by atoms with Gasteiger partial charge in [0.1, 0.15) is 0 Å². The van der Waals surface area contributed by atoms with Gasteiger partial charge in [-0.25, -0.2) is 4.79 Å². The lowest BCUT2D eigenvalue weighted by atomic mass is 9.79. The molecule has 0 saturated heterocycles. The Kier molecular flexibility index (Phi) is 4.90. The SMILES string of the molecule is CNc1cccc(C2(c3cccc(N(C)C)c3)OC(=O)c3cc(N(C)C)ccc32)c1. The van der Waals surface area contributed by atoms with E-state index in [2.05, 4.69) is 11.4 Å². The minimum atomic E-state index is -1.00. The zero-order chi connectivity index (χ0) is 21.5. The second-order valence-electron chi connectivity index (χ2n) is 7.97. The van der Waals surface area contributed by atoms with Gasteiger partial charge in [-0.05, 0) is 36.4 Å². The molecule has 154 valence electrons. The molecule has 0 amide bonds. The molecule has 0 aliphatic carbocycles. The first-order chi connectivity index (χ1) is 14.4. The highest BCUT2D eigenvalue weighted by atomic mass is 16.6. The van der Waals surface area contributed by atoms with Crippen LogP contribution < -0.4 is 15.1 Å². The number of nitrogens with zero attached hydrogens (tertiary/aromatic N) is 2. The fourth-order valence-corrected chi connectivity index (χ4v) is 4.03. The Hall–Kier alpha value is -3.47. The van der Waals surface area contributed by atoms with Crippen molar-refractivity contribution in [2.24, 2.45) is 0 Å². The summed E-state index contributed by atoms with van der Waals surface area (Å²) >= 11 is 0. The van der Waals surface area contributed by atoms with E-state index >= 15 is 0 Å². The Balaban J connectivity index is 2.02. The lowest BCUT2D eigenvalue weighted by molar-refractivity contribution is 0.0251. The number of fused-ring (bicyclic) bond motifs is 1. The molecule has 0 fully saturated rings. The van der Waals surface area contributed by atoms with Crippen LogP contribution in [0.1, 0.15) is 27.0 Å². The van der Waals surface area contributed by atoms with Crippen LogP contribution >= 0.6 is 0 Å². The summed E-state index contributed by atoms with van der Waals surface area (Å²) in [6.45, 7) is 0. The fourth-order valence-electron chi connectivity index (χ4n) is 4.03. The molecule has 1 atom stereocenters. The highest BCUT2D eigenvalue weighted by molar-refractivity contribution is 5.97. The molecule has 3 aromatic carbocycles. The van der Waals surface area contributed by atoms with E-state index in [0.29, 0.717) is 5.56 Å². The van der Waals surface area contributed by atoms with Gasteiger partial charge in [0.2, 0.25) is 0 Å². The van der Waals surface area contributed by atoms with Gasteiger partial charge in [-0.2, -0.15) is 0 Å². The molecule has 0 spiro atoms. The molecule has 0 aromatic heterocycles. The van der Waals surface area contributed by atoms with E-state index in [1.165, 1.54) is 0 Å². The second kappa shape index (κ2) is 7.41. The third-order valence-electron chi connectivity index (χ3n) is 5.69. The predicted octanol–water partition coefficient (Wildman–Crippen LogP) is 4.32. The van der Waals surface area contributed by atoms with E-state index in [1.54, 1.807) is 0 Å². The Labute approximate surface area is 177 Å². The molecule has 1 unspecified atom stereocenters. The van der Waals surface area contributed by atoms with Crippen LogP contribution in [-0.4, -0.2) is 41.2 Å². The quantitative estimate of drug-likeness (QED) is 0.645. The monoisotopic (exact) mass is 401 g/mol. The molecular weight excluding hydrogens is 374 g/mol. The number of cyclic esters (lactones) is 1. The van der Waals surface area contributed by atoms with Gasteiger partial charge in [-0.3, -0.25) is 0 Å². The van der Waals surface area contributed by atoms with E-state index < -0.39 is 5.60 Å². The third-order valence-corrected chi connectivity index (χ3v) is 5.69. The molecule has 5 nitrogen and oxygen atoms in total. The number of ether oxygens (including phenoxy) is 1. The number of anilines is 3. The molecule has 30 heavy (non-hydrogen) atoms. The molecule has 3 aromatic rings. The number of carbonyl (C=O) groups is 1. The number of esters is 1. The molecule has 1 aliphatic rings. The van der Waals surface area contributed by atoms with Crippen LogP contribution in [0.25, 0.3) is 0 Å². The van der Waals surface area contributed by atoms with Crippen LogP contribution in [0.3, 0.4) is 0 Å². The summed E-state index contributed by atoms with van der Waals surface area (Å²) in [6, 6.07) is 22.2. The highest BCUT2D eigenvalue weighted by Crippen LogP contribution is 2.48. The third kappa shape index (κ3) is 3.07. The van der Waals surface area contributed by atoms with Gasteiger partial charge in [0.15, 0.2) is 5.60 Å². The first-order valence-electron chi connectivity index (χ1n) is 9.98. The van der Waals surface area contributed by atoms with Gasteiger partial charge in [0.25, 0.3) is 0 Å². The Morgan fingerprint density at radius 2 is 1.43 bits per heavy atom. The van der Waals surface area contributed by atoms with Crippen molar-refractivity contribution in [3.05, 3.63) is 89.0 Å². The van der Waals surface area contributed by atoms with Crippen molar-refractivity contribution in [3.63, 3.8) is 0 Å². The van der Waals surface area contributed by atoms with Crippen LogP contribution in [0.4, 0.5) is 17.1 Å². The Morgan fingerprint density at radius 1 is 0.800 bits per heavy atom. The van der Waals surface area contributed by atoms with Crippen LogP contribution in [0.2, 0.25) is 0 Å². The number of carbonyl (C=O) groups excluding carboxylic acids is 1. The summed E-state index contributed by atoms with van der Waals surface area (Å²) in [6.07, 6.45) is 0. The van der Waals surface area contributed by atoms with Crippen molar-refractivity contribution in [2.45, 2.75) is 5.60 Å². The van der Waals surface area contributed by atoms with E-state index in [-0.39, 0.29) is 5.97 Å². The molecule has 0 radical (unpaired) electrons. The number of benzene rings is 3. The van der Waals surface area contributed by atoms with Crippen molar-refractivity contribution in [3.8, 4) is 0 Å². The summed E-state index contributed by atoms with van der Waals surface area (Å²) in [7, 11) is 9.82. The number of nitrogens with one attached hydrogen (secondary N) is 1. The van der Waals surface area contributed by atoms with Gasteiger partial charge in [-0.1, -0.05) is 30.3 Å². The van der Waals surface area contributed by atoms with Crippen molar-refractivity contribution in [1.29, 1.82) is 0 Å².